The highest BCUT2D eigenvalue weighted by Crippen LogP contribution is 2.08. The minimum absolute atomic E-state index is 0.124. The molecule has 6 nitrogen and oxygen atoms in total. The van der Waals surface area contributed by atoms with Crippen molar-refractivity contribution < 1.29 is 9.90 Å². The number of hydrogen-bond acceptors (Lipinski definition) is 4. The Bertz CT molecular complexity index is 711. The van der Waals surface area contributed by atoms with Crippen molar-refractivity contribution in [1.82, 2.24) is 15.1 Å². The second-order valence-electron chi connectivity index (χ2n) is 5.44. The zero-order valence-corrected chi connectivity index (χ0v) is 12.8. The van der Waals surface area contributed by atoms with E-state index in [1.807, 2.05) is 19.9 Å². The van der Waals surface area contributed by atoms with Gasteiger partial charge in [-0.3, -0.25) is 9.59 Å². The van der Waals surface area contributed by atoms with Gasteiger partial charge in [-0.25, -0.2) is 4.68 Å². The van der Waals surface area contributed by atoms with Crippen LogP contribution in [0.5, 0.6) is 0 Å². The highest BCUT2D eigenvalue weighted by molar-refractivity contribution is 5.81. The van der Waals surface area contributed by atoms with Gasteiger partial charge in [0.1, 0.15) is 6.54 Å². The van der Waals surface area contributed by atoms with Crippen molar-refractivity contribution in [1.29, 1.82) is 0 Å². The molecule has 1 aromatic heterocycles. The van der Waals surface area contributed by atoms with E-state index >= 15 is 0 Å². The minimum Gasteiger partial charge on any atom is -0.394 e. The maximum absolute atomic E-state index is 12.3. The van der Waals surface area contributed by atoms with Gasteiger partial charge in [-0.15, -0.1) is 0 Å². The zero-order valence-electron chi connectivity index (χ0n) is 12.8. The first-order valence-corrected chi connectivity index (χ1v) is 7.42. The molecule has 2 N–H and O–H groups in total. The SMILES string of the molecule is CC[C@H](C)[C@H](CO)NC(=O)Cn1ncc2ccccc2c1=O. The number of carbonyl (C=O) groups is 1. The van der Waals surface area contributed by atoms with Crippen LogP contribution in [0.4, 0.5) is 0 Å². The summed E-state index contributed by atoms with van der Waals surface area (Å²) in [4.78, 5) is 24.3. The topological polar surface area (TPSA) is 84.2 Å². The molecular formula is C16H21N3O3. The van der Waals surface area contributed by atoms with Gasteiger partial charge in [0.2, 0.25) is 5.91 Å². The smallest absolute Gasteiger partial charge is 0.275 e. The van der Waals surface area contributed by atoms with Gasteiger partial charge in [0.25, 0.3) is 5.56 Å². The summed E-state index contributed by atoms with van der Waals surface area (Å²) >= 11 is 0. The van der Waals surface area contributed by atoms with Gasteiger partial charge in [-0.05, 0) is 12.0 Å². The summed E-state index contributed by atoms with van der Waals surface area (Å²) in [7, 11) is 0. The van der Waals surface area contributed by atoms with Crippen molar-refractivity contribution in [3.8, 4) is 0 Å². The number of aromatic nitrogens is 2. The van der Waals surface area contributed by atoms with Gasteiger partial charge in [0.15, 0.2) is 0 Å². The lowest BCUT2D eigenvalue weighted by Crippen LogP contribution is -2.44. The Morgan fingerprint density at radius 3 is 2.82 bits per heavy atom. The van der Waals surface area contributed by atoms with Crippen molar-refractivity contribution in [3.05, 3.63) is 40.8 Å². The normalized spacial score (nSPS) is 13.8. The van der Waals surface area contributed by atoms with Crippen LogP contribution in [0.3, 0.4) is 0 Å². The second kappa shape index (κ2) is 7.17. The van der Waals surface area contributed by atoms with Crippen LogP contribution in [0.25, 0.3) is 10.8 Å². The first-order chi connectivity index (χ1) is 10.6. The Kier molecular flexibility index (Phi) is 5.27. The highest BCUT2D eigenvalue weighted by atomic mass is 16.3. The summed E-state index contributed by atoms with van der Waals surface area (Å²) in [5.41, 5.74) is -0.294. The minimum atomic E-state index is -0.329. The van der Waals surface area contributed by atoms with E-state index < -0.39 is 0 Å². The molecule has 1 amide bonds. The van der Waals surface area contributed by atoms with E-state index in [9.17, 15) is 14.7 Å². The molecule has 0 bridgehead atoms. The summed E-state index contributed by atoms with van der Waals surface area (Å²) in [5.74, 6) is -0.167. The third-order valence-corrected chi connectivity index (χ3v) is 3.93. The molecule has 0 aliphatic heterocycles. The number of amides is 1. The van der Waals surface area contributed by atoms with Crippen molar-refractivity contribution >= 4 is 16.7 Å². The lowest BCUT2D eigenvalue weighted by atomic mass is 10.00. The molecule has 0 saturated heterocycles. The largest absolute Gasteiger partial charge is 0.394 e. The first-order valence-electron chi connectivity index (χ1n) is 7.42. The maximum Gasteiger partial charge on any atom is 0.275 e. The number of aliphatic hydroxyl groups excluding tert-OH is 1. The van der Waals surface area contributed by atoms with Crippen LogP contribution in [0.1, 0.15) is 20.3 Å². The molecule has 2 atom stereocenters. The summed E-state index contributed by atoms with van der Waals surface area (Å²) in [6, 6.07) is 6.81. The molecule has 0 aliphatic rings. The van der Waals surface area contributed by atoms with E-state index in [1.165, 1.54) is 0 Å². The van der Waals surface area contributed by atoms with E-state index in [0.717, 1.165) is 16.5 Å². The van der Waals surface area contributed by atoms with Gasteiger partial charge >= 0.3 is 0 Å². The Hall–Kier alpha value is -2.21. The third-order valence-electron chi connectivity index (χ3n) is 3.93. The zero-order chi connectivity index (χ0) is 16.1. The number of nitrogens with one attached hydrogen (secondary N) is 1. The fraction of sp³-hybridized carbons (Fsp3) is 0.438. The monoisotopic (exact) mass is 303 g/mol. The number of benzene rings is 1. The number of aliphatic hydroxyl groups is 1. The predicted octanol–water partition coefficient (Wildman–Crippen LogP) is 0.920. The average Bonchev–Trinajstić information content (AvgIpc) is 2.54. The second-order valence-corrected chi connectivity index (χ2v) is 5.44. The maximum atomic E-state index is 12.3. The quantitative estimate of drug-likeness (QED) is 0.831. The molecule has 22 heavy (non-hydrogen) atoms. The van der Waals surface area contributed by atoms with Crippen LogP contribution in [0, 0.1) is 5.92 Å². The number of hydrogen-bond donors (Lipinski definition) is 2. The Morgan fingerprint density at radius 2 is 2.14 bits per heavy atom. The molecule has 2 aromatic rings. The first kappa shape index (κ1) is 16.2. The van der Waals surface area contributed by atoms with Crippen molar-refractivity contribution in [3.63, 3.8) is 0 Å². The average molecular weight is 303 g/mol. The molecule has 0 saturated carbocycles. The molecule has 0 radical (unpaired) electrons. The van der Waals surface area contributed by atoms with Crippen LogP contribution in [-0.2, 0) is 11.3 Å². The van der Waals surface area contributed by atoms with Gasteiger partial charge in [-0.2, -0.15) is 5.10 Å². The molecule has 1 aromatic carbocycles. The van der Waals surface area contributed by atoms with E-state index in [1.54, 1.807) is 24.4 Å². The van der Waals surface area contributed by atoms with Gasteiger partial charge in [0, 0.05) is 5.39 Å². The summed E-state index contributed by atoms with van der Waals surface area (Å²) in [5, 5.41) is 17.4. The van der Waals surface area contributed by atoms with E-state index in [-0.39, 0.29) is 36.6 Å². The highest BCUT2D eigenvalue weighted by Gasteiger charge is 2.18. The molecule has 1 heterocycles. The molecule has 0 fully saturated rings. The standard InChI is InChI=1S/C16H21N3O3/c1-3-11(2)14(10-20)18-15(21)9-19-16(22)13-7-5-4-6-12(13)8-17-19/h4-8,11,14,20H,3,9-10H2,1-2H3,(H,18,21)/t11-,14-/m0/s1. The number of rotatable bonds is 6. The Labute approximate surface area is 128 Å². The number of nitrogens with zero attached hydrogens (tertiary/aromatic N) is 2. The number of carbonyl (C=O) groups excluding carboxylic acids is 1. The molecule has 0 unspecified atom stereocenters. The van der Waals surface area contributed by atoms with Crippen LogP contribution in [0.2, 0.25) is 0 Å². The molecule has 0 aliphatic carbocycles. The molecule has 0 spiro atoms. The Balaban J connectivity index is 2.15. The van der Waals surface area contributed by atoms with Crippen molar-refractivity contribution in [2.45, 2.75) is 32.9 Å². The summed E-state index contributed by atoms with van der Waals surface area (Å²) in [6.07, 6.45) is 2.42. The van der Waals surface area contributed by atoms with Crippen LogP contribution < -0.4 is 10.9 Å². The van der Waals surface area contributed by atoms with Crippen LogP contribution in [-0.4, -0.2) is 33.4 Å². The summed E-state index contributed by atoms with van der Waals surface area (Å²) in [6.45, 7) is 3.67. The van der Waals surface area contributed by atoms with Crippen LogP contribution >= 0.6 is 0 Å². The van der Waals surface area contributed by atoms with E-state index in [2.05, 4.69) is 10.4 Å². The molecule has 118 valence electrons. The molecule has 2 rings (SSSR count). The van der Waals surface area contributed by atoms with E-state index in [4.69, 9.17) is 0 Å². The lowest BCUT2D eigenvalue weighted by Gasteiger charge is -2.22. The predicted molar refractivity (Wildman–Crippen MR) is 84.5 cm³/mol. The van der Waals surface area contributed by atoms with Gasteiger partial charge in [-0.1, -0.05) is 38.5 Å². The van der Waals surface area contributed by atoms with Gasteiger partial charge < -0.3 is 10.4 Å². The van der Waals surface area contributed by atoms with Gasteiger partial charge in [0.05, 0.1) is 24.2 Å². The molecule has 6 heteroatoms. The number of fused-ring (bicyclic) bond motifs is 1. The summed E-state index contributed by atoms with van der Waals surface area (Å²) < 4.78 is 1.14. The van der Waals surface area contributed by atoms with E-state index in [0.29, 0.717) is 5.39 Å². The third kappa shape index (κ3) is 3.51. The lowest BCUT2D eigenvalue weighted by molar-refractivity contribution is -0.123. The molecular weight excluding hydrogens is 282 g/mol. The van der Waals surface area contributed by atoms with Crippen molar-refractivity contribution in [2.75, 3.05) is 6.61 Å². The van der Waals surface area contributed by atoms with Crippen molar-refractivity contribution in [2.24, 2.45) is 5.92 Å². The Morgan fingerprint density at radius 1 is 1.41 bits per heavy atom. The van der Waals surface area contributed by atoms with Crippen LogP contribution in [0.15, 0.2) is 35.3 Å². The fourth-order valence-corrected chi connectivity index (χ4v) is 2.28. The fourth-order valence-electron chi connectivity index (χ4n) is 2.28.